The number of nitrogens with one attached hydrogen (secondary N) is 2. The van der Waals surface area contributed by atoms with Crippen LogP contribution in [0.25, 0.3) is 12.2 Å². The van der Waals surface area contributed by atoms with Gasteiger partial charge in [-0.25, -0.2) is 5.48 Å². The maximum atomic E-state index is 12.5. The largest absolute Gasteiger partial charge is 0.304 e. The molecule has 0 aromatic heterocycles. The van der Waals surface area contributed by atoms with Gasteiger partial charge in [-0.2, -0.15) is 0 Å². The molecule has 0 saturated heterocycles. The monoisotopic (exact) mass is 416 g/mol. The Kier molecular flexibility index (Phi) is 7.68. The predicted molar refractivity (Wildman–Crippen MR) is 123 cm³/mol. The first-order chi connectivity index (χ1) is 15.0. The predicted octanol–water partition coefficient (Wildman–Crippen LogP) is 5.30. The molecular weight excluding hydrogens is 388 g/mol. The second kappa shape index (κ2) is 10.6. The van der Waals surface area contributed by atoms with Crippen LogP contribution < -0.4 is 5.48 Å². The SMILES string of the molecule is CC1CCC(C(=N)c2ccc(C(=O)/C=C/c3ccc(/C=C/C(=O)NO)cc3)cc2)CC1. The lowest BCUT2D eigenvalue weighted by molar-refractivity contribution is -0.124. The van der Waals surface area contributed by atoms with E-state index in [0.717, 1.165) is 35.4 Å². The first-order valence-corrected chi connectivity index (χ1v) is 10.6. The fraction of sp³-hybridized carbons (Fsp3) is 0.269. The Balaban J connectivity index is 1.59. The van der Waals surface area contributed by atoms with Crippen molar-refractivity contribution in [3.8, 4) is 0 Å². The van der Waals surface area contributed by atoms with Crippen molar-refractivity contribution in [3.63, 3.8) is 0 Å². The van der Waals surface area contributed by atoms with E-state index in [9.17, 15) is 9.59 Å². The average molecular weight is 417 g/mol. The molecule has 0 unspecified atom stereocenters. The van der Waals surface area contributed by atoms with E-state index in [0.29, 0.717) is 17.2 Å². The molecule has 0 radical (unpaired) electrons. The molecule has 0 aliphatic heterocycles. The van der Waals surface area contributed by atoms with E-state index in [1.165, 1.54) is 30.5 Å². The Hall–Kier alpha value is -3.31. The zero-order valence-corrected chi connectivity index (χ0v) is 17.7. The Morgan fingerprint density at radius 2 is 1.39 bits per heavy atom. The van der Waals surface area contributed by atoms with E-state index in [4.69, 9.17) is 10.6 Å². The zero-order valence-electron chi connectivity index (χ0n) is 17.7. The average Bonchev–Trinajstić information content (AvgIpc) is 2.81. The third-order valence-corrected chi connectivity index (χ3v) is 5.81. The molecule has 1 amide bonds. The van der Waals surface area contributed by atoms with Gasteiger partial charge in [0.1, 0.15) is 0 Å². The minimum Gasteiger partial charge on any atom is -0.304 e. The number of amides is 1. The third kappa shape index (κ3) is 6.33. The Labute approximate surface area is 183 Å². The van der Waals surface area contributed by atoms with Gasteiger partial charge >= 0.3 is 0 Å². The van der Waals surface area contributed by atoms with Crippen LogP contribution in [-0.2, 0) is 4.79 Å². The standard InChI is InChI=1S/C26H28N2O3/c1-18-2-10-22(11-3-18)26(27)23-14-12-21(13-15-23)24(29)16-8-19-4-6-20(7-5-19)9-17-25(30)28-31/h4-9,12-18,22,27,31H,2-3,10-11H2,1H3,(H,28,30)/b16-8+,17-9+,27-26?. The molecule has 1 fully saturated rings. The van der Waals surface area contributed by atoms with Crippen molar-refractivity contribution >= 4 is 29.6 Å². The summed E-state index contributed by atoms with van der Waals surface area (Å²) in [5.41, 5.74) is 5.39. The summed E-state index contributed by atoms with van der Waals surface area (Å²) in [4.78, 5) is 23.5. The van der Waals surface area contributed by atoms with Crippen LogP contribution in [0.4, 0.5) is 0 Å². The molecule has 1 aliphatic rings. The highest BCUT2D eigenvalue weighted by molar-refractivity contribution is 6.07. The maximum Gasteiger partial charge on any atom is 0.267 e. The van der Waals surface area contributed by atoms with Crippen molar-refractivity contribution in [2.24, 2.45) is 11.8 Å². The summed E-state index contributed by atoms with van der Waals surface area (Å²) in [7, 11) is 0. The fourth-order valence-electron chi connectivity index (χ4n) is 3.79. The second-order valence-corrected chi connectivity index (χ2v) is 8.12. The maximum absolute atomic E-state index is 12.5. The van der Waals surface area contributed by atoms with Gasteiger partial charge in [-0.3, -0.25) is 14.8 Å². The first kappa shape index (κ1) is 22.4. The van der Waals surface area contributed by atoms with Gasteiger partial charge in [-0.15, -0.1) is 0 Å². The van der Waals surface area contributed by atoms with Crippen LogP contribution in [0.15, 0.2) is 60.7 Å². The molecule has 0 spiro atoms. The molecule has 3 rings (SSSR count). The first-order valence-electron chi connectivity index (χ1n) is 10.6. The van der Waals surface area contributed by atoms with E-state index in [2.05, 4.69) is 6.92 Å². The minimum atomic E-state index is -0.593. The second-order valence-electron chi connectivity index (χ2n) is 8.12. The van der Waals surface area contributed by atoms with Crippen molar-refractivity contribution in [1.82, 2.24) is 5.48 Å². The molecule has 160 valence electrons. The van der Waals surface area contributed by atoms with Gasteiger partial charge in [0.15, 0.2) is 5.78 Å². The smallest absolute Gasteiger partial charge is 0.267 e. The normalized spacial score (nSPS) is 18.9. The van der Waals surface area contributed by atoms with Crippen molar-refractivity contribution in [2.45, 2.75) is 32.6 Å². The van der Waals surface area contributed by atoms with Crippen molar-refractivity contribution in [1.29, 1.82) is 5.41 Å². The molecule has 0 heterocycles. The van der Waals surface area contributed by atoms with Gasteiger partial charge in [-0.1, -0.05) is 74.4 Å². The summed E-state index contributed by atoms with van der Waals surface area (Å²) in [6.07, 6.45) is 10.6. The number of carbonyl (C=O) groups excluding carboxylic acids is 2. The summed E-state index contributed by atoms with van der Waals surface area (Å²) in [5.74, 6) is 0.405. The van der Waals surface area contributed by atoms with Gasteiger partial charge in [-0.05, 0) is 47.6 Å². The van der Waals surface area contributed by atoms with Gasteiger partial charge in [0.2, 0.25) is 0 Å². The quantitative estimate of drug-likeness (QED) is 0.188. The van der Waals surface area contributed by atoms with Crippen molar-refractivity contribution in [3.05, 3.63) is 82.9 Å². The summed E-state index contributed by atoms with van der Waals surface area (Å²) >= 11 is 0. The van der Waals surface area contributed by atoms with Crippen molar-refractivity contribution < 1.29 is 14.8 Å². The van der Waals surface area contributed by atoms with Crippen LogP contribution in [0.3, 0.4) is 0 Å². The molecule has 5 nitrogen and oxygen atoms in total. The van der Waals surface area contributed by atoms with Gasteiger partial charge in [0, 0.05) is 23.3 Å². The van der Waals surface area contributed by atoms with Gasteiger partial charge in [0.05, 0.1) is 0 Å². The van der Waals surface area contributed by atoms with Crippen LogP contribution in [-0.4, -0.2) is 22.6 Å². The lowest BCUT2D eigenvalue weighted by atomic mass is 9.79. The van der Waals surface area contributed by atoms with Crippen LogP contribution in [0, 0.1) is 17.2 Å². The molecule has 2 aromatic rings. The molecule has 1 aliphatic carbocycles. The highest BCUT2D eigenvalue weighted by Crippen LogP contribution is 2.30. The number of benzene rings is 2. The van der Waals surface area contributed by atoms with Crippen LogP contribution >= 0.6 is 0 Å². The topological polar surface area (TPSA) is 90.2 Å². The van der Waals surface area contributed by atoms with E-state index in [-0.39, 0.29) is 5.78 Å². The molecule has 31 heavy (non-hydrogen) atoms. The molecule has 0 bridgehead atoms. The minimum absolute atomic E-state index is 0.0897. The number of ketones is 1. The molecule has 2 aromatic carbocycles. The molecule has 3 N–H and O–H groups in total. The Bertz CT molecular complexity index is 980. The molecule has 1 saturated carbocycles. The summed E-state index contributed by atoms with van der Waals surface area (Å²) < 4.78 is 0. The van der Waals surface area contributed by atoms with Gasteiger partial charge in [0.25, 0.3) is 5.91 Å². The lowest BCUT2D eigenvalue weighted by Gasteiger charge is -2.26. The van der Waals surface area contributed by atoms with Crippen LogP contribution in [0.2, 0.25) is 0 Å². The highest BCUT2D eigenvalue weighted by atomic mass is 16.5. The number of carbonyl (C=O) groups is 2. The molecule has 0 atom stereocenters. The summed E-state index contributed by atoms with van der Waals surface area (Å²) in [6, 6.07) is 14.7. The summed E-state index contributed by atoms with van der Waals surface area (Å²) in [6.45, 7) is 2.28. The lowest BCUT2D eigenvalue weighted by Crippen LogP contribution is -2.21. The van der Waals surface area contributed by atoms with E-state index < -0.39 is 5.91 Å². The van der Waals surface area contributed by atoms with E-state index >= 15 is 0 Å². The molecule has 5 heteroatoms. The fourth-order valence-corrected chi connectivity index (χ4v) is 3.79. The highest BCUT2D eigenvalue weighted by Gasteiger charge is 2.22. The Morgan fingerprint density at radius 3 is 1.94 bits per heavy atom. The number of hydrogen-bond donors (Lipinski definition) is 3. The summed E-state index contributed by atoms with van der Waals surface area (Å²) in [5, 5.41) is 17.0. The number of hydrogen-bond acceptors (Lipinski definition) is 4. The third-order valence-electron chi connectivity index (χ3n) is 5.81. The van der Waals surface area contributed by atoms with Crippen LogP contribution in [0.5, 0.6) is 0 Å². The van der Waals surface area contributed by atoms with E-state index in [1.807, 2.05) is 36.4 Å². The van der Waals surface area contributed by atoms with E-state index in [1.54, 1.807) is 24.3 Å². The van der Waals surface area contributed by atoms with Crippen LogP contribution in [0.1, 0.15) is 59.7 Å². The number of rotatable bonds is 7. The molecular formula is C26H28N2O3. The number of allylic oxidation sites excluding steroid dienone is 1. The number of hydroxylamine groups is 1. The Morgan fingerprint density at radius 1 is 0.871 bits per heavy atom. The van der Waals surface area contributed by atoms with Crippen molar-refractivity contribution in [2.75, 3.05) is 0 Å². The zero-order chi connectivity index (χ0) is 22.2. The van der Waals surface area contributed by atoms with Gasteiger partial charge < -0.3 is 5.41 Å².